The molecule has 0 radical (unpaired) electrons. The van der Waals surface area contributed by atoms with Crippen LogP contribution < -0.4 is 21.1 Å². The molecule has 3 aromatic rings. The summed E-state index contributed by atoms with van der Waals surface area (Å²) in [4.78, 5) is 26.7. The van der Waals surface area contributed by atoms with Crippen LogP contribution in [-0.4, -0.2) is 55.9 Å². The van der Waals surface area contributed by atoms with Gasteiger partial charge in [0, 0.05) is 12.1 Å². The largest absolute Gasteiger partial charge is 0.384 e. The number of thioether (sulfide) groups is 1. The second-order valence-corrected chi connectivity index (χ2v) is 12.8. The van der Waals surface area contributed by atoms with Crippen LogP contribution >= 0.6 is 11.8 Å². The molecule has 3 rings (SSSR count). The molecule has 11 heteroatoms. The van der Waals surface area contributed by atoms with Crippen molar-refractivity contribution in [2.24, 2.45) is 5.73 Å². The van der Waals surface area contributed by atoms with Crippen molar-refractivity contribution in [1.82, 2.24) is 15.4 Å². The Morgan fingerprint density at radius 3 is 2.10 bits per heavy atom. The first kappa shape index (κ1) is 32.8. The molecule has 6 N–H and O–H groups in total. The Kier molecular flexibility index (Phi) is 12.6. The molecule has 9 nitrogen and oxygen atoms in total. The number of amides is 2. The van der Waals surface area contributed by atoms with E-state index in [1.54, 1.807) is 43.0 Å². The molecular weight excluding hydrogens is 571 g/mol. The summed E-state index contributed by atoms with van der Waals surface area (Å²) >= 11 is 1.55. The van der Waals surface area contributed by atoms with Crippen LogP contribution in [-0.2, 0) is 32.6 Å². The lowest BCUT2D eigenvalue weighted by atomic mass is 10.0. The van der Waals surface area contributed by atoms with Crippen molar-refractivity contribution in [2.75, 3.05) is 17.8 Å². The van der Waals surface area contributed by atoms with Gasteiger partial charge in [0.2, 0.25) is 21.8 Å². The van der Waals surface area contributed by atoms with Crippen LogP contribution in [0.4, 0.5) is 0 Å². The molecule has 0 aromatic heterocycles. The Labute approximate surface area is 252 Å². The molecule has 2 unspecified atom stereocenters. The fourth-order valence-corrected chi connectivity index (χ4v) is 6.07. The van der Waals surface area contributed by atoms with E-state index in [2.05, 4.69) is 15.4 Å². The van der Waals surface area contributed by atoms with E-state index >= 15 is 0 Å². The van der Waals surface area contributed by atoms with Crippen LogP contribution in [0.1, 0.15) is 36.5 Å². The minimum absolute atomic E-state index is 0.0401. The molecule has 42 heavy (non-hydrogen) atoms. The molecular formula is C31H39N5O4S2. The van der Waals surface area contributed by atoms with E-state index in [0.717, 1.165) is 22.3 Å². The van der Waals surface area contributed by atoms with Crippen LogP contribution in [0.15, 0.2) is 78.9 Å². The maximum atomic E-state index is 13.5. The van der Waals surface area contributed by atoms with Crippen molar-refractivity contribution in [3.8, 4) is 11.1 Å². The zero-order chi connectivity index (χ0) is 30.5. The maximum Gasteiger partial charge on any atom is 0.242 e. The molecule has 0 saturated carbocycles. The highest BCUT2D eigenvalue weighted by atomic mass is 32.2. The van der Waals surface area contributed by atoms with E-state index in [9.17, 15) is 18.0 Å². The Bertz CT molecular complexity index is 1430. The summed E-state index contributed by atoms with van der Waals surface area (Å²) < 4.78 is 28.0. The molecule has 3 aromatic carbocycles. The van der Waals surface area contributed by atoms with Crippen LogP contribution in [0.3, 0.4) is 0 Å². The molecule has 0 bridgehead atoms. The molecule has 0 aliphatic rings. The van der Waals surface area contributed by atoms with Gasteiger partial charge in [-0.25, -0.2) is 13.1 Å². The number of hydrogen-bond donors (Lipinski definition) is 5. The average molecular weight is 610 g/mol. The minimum Gasteiger partial charge on any atom is -0.384 e. The Morgan fingerprint density at radius 2 is 1.50 bits per heavy atom. The van der Waals surface area contributed by atoms with E-state index in [4.69, 9.17) is 11.1 Å². The molecule has 0 fully saturated rings. The number of nitrogen functional groups attached to an aromatic ring is 1. The summed E-state index contributed by atoms with van der Waals surface area (Å²) in [5.74, 6) is -0.451. The fraction of sp³-hybridized carbons (Fsp3) is 0.323. The summed E-state index contributed by atoms with van der Waals surface area (Å²) in [6.07, 6.45) is 2.82. The summed E-state index contributed by atoms with van der Waals surface area (Å²) in [6, 6.07) is 22.5. The Morgan fingerprint density at radius 1 is 0.881 bits per heavy atom. The van der Waals surface area contributed by atoms with Crippen LogP contribution in [0.5, 0.6) is 0 Å². The van der Waals surface area contributed by atoms with Gasteiger partial charge in [-0.3, -0.25) is 15.0 Å². The van der Waals surface area contributed by atoms with Crippen molar-refractivity contribution in [1.29, 1.82) is 5.41 Å². The number of hydrogen-bond acceptors (Lipinski definition) is 6. The quantitative estimate of drug-likeness (QED) is 0.124. The lowest BCUT2D eigenvalue weighted by molar-refractivity contribution is -0.129. The lowest BCUT2D eigenvalue weighted by Crippen LogP contribution is -2.54. The molecule has 0 heterocycles. The Balaban J connectivity index is 1.74. The van der Waals surface area contributed by atoms with Crippen molar-refractivity contribution >= 4 is 39.4 Å². The third-order valence-corrected chi connectivity index (χ3v) is 8.82. The highest BCUT2D eigenvalue weighted by Crippen LogP contribution is 2.20. The van der Waals surface area contributed by atoms with Gasteiger partial charge in [-0.2, -0.15) is 11.8 Å². The first-order valence-electron chi connectivity index (χ1n) is 13.8. The van der Waals surface area contributed by atoms with E-state index in [1.807, 2.05) is 60.9 Å². The molecule has 2 amide bonds. The van der Waals surface area contributed by atoms with Gasteiger partial charge in [0.05, 0.1) is 5.75 Å². The predicted molar refractivity (Wildman–Crippen MR) is 171 cm³/mol. The second-order valence-electron chi connectivity index (χ2n) is 9.93. The third kappa shape index (κ3) is 10.3. The van der Waals surface area contributed by atoms with Gasteiger partial charge in [0.15, 0.2) is 0 Å². The number of nitrogens with one attached hydrogen (secondary N) is 4. The minimum atomic E-state index is -3.72. The van der Waals surface area contributed by atoms with Crippen molar-refractivity contribution in [3.05, 3.63) is 95.6 Å². The standard InChI is InChI=1S/C31H39N5O4S2/c1-3-19-42(39,40)36-28(20-22-9-13-25(14-10-22)24-7-5-4-6-8-24)31(38)35-27(17-18-41-2)30(37)34-21-23-11-15-26(16-12-23)29(32)33/h4-16,27-28,36H,3,17-21H2,1-2H3,(H3,32,33)(H,34,37)(H,35,38). The van der Waals surface area contributed by atoms with Crippen molar-refractivity contribution in [3.63, 3.8) is 0 Å². The number of carbonyl (C=O) groups excluding carboxylic acids is 2. The fourth-order valence-electron chi connectivity index (χ4n) is 4.32. The zero-order valence-corrected chi connectivity index (χ0v) is 25.6. The number of sulfonamides is 1. The molecule has 2 atom stereocenters. The lowest BCUT2D eigenvalue weighted by Gasteiger charge is -2.23. The molecule has 0 saturated heterocycles. The van der Waals surface area contributed by atoms with Gasteiger partial charge in [-0.1, -0.05) is 85.8 Å². The van der Waals surface area contributed by atoms with Gasteiger partial charge in [-0.15, -0.1) is 0 Å². The monoisotopic (exact) mass is 609 g/mol. The topological polar surface area (TPSA) is 154 Å². The van der Waals surface area contributed by atoms with Gasteiger partial charge >= 0.3 is 0 Å². The Hall–Kier alpha value is -3.67. The van der Waals surface area contributed by atoms with Crippen molar-refractivity contribution in [2.45, 2.75) is 44.8 Å². The maximum absolute atomic E-state index is 13.5. The molecule has 0 aliphatic carbocycles. The average Bonchev–Trinajstić information content (AvgIpc) is 2.98. The first-order valence-corrected chi connectivity index (χ1v) is 16.8. The van der Waals surface area contributed by atoms with Gasteiger partial charge in [-0.05, 0) is 53.5 Å². The first-order chi connectivity index (χ1) is 20.1. The molecule has 0 spiro atoms. The van der Waals surface area contributed by atoms with Crippen LogP contribution in [0, 0.1) is 5.41 Å². The smallest absolute Gasteiger partial charge is 0.242 e. The van der Waals surface area contributed by atoms with Gasteiger partial charge < -0.3 is 16.4 Å². The van der Waals surface area contributed by atoms with Gasteiger partial charge in [0.25, 0.3) is 0 Å². The SMILES string of the molecule is CCCS(=O)(=O)NC(Cc1ccc(-c2ccccc2)cc1)C(=O)NC(CCSC)C(=O)NCc1ccc(C(=N)N)cc1. The zero-order valence-electron chi connectivity index (χ0n) is 23.9. The highest BCUT2D eigenvalue weighted by molar-refractivity contribution is 7.98. The number of nitrogens with two attached hydrogens (primary N) is 1. The number of rotatable bonds is 16. The number of carbonyl (C=O) groups is 2. The summed E-state index contributed by atoms with van der Waals surface area (Å²) in [6.45, 7) is 1.98. The van der Waals surface area contributed by atoms with Crippen LogP contribution in [0.2, 0.25) is 0 Å². The summed E-state index contributed by atoms with van der Waals surface area (Å²) in [5, 5.41) is 13.2. The predicted octanol–water partition coefficient (Wildman–Crippen LogP) is 3.43. The van der Waals surface area contributed by atoms with E-state index in [1.165, 1.54) is 0 Å². The highest BCUT2D eigenvalue weighted by Gasteiger charge is 2.28. The van der Waals surface area contributed by atoms with E-state index in [0.29, 0.717) is 24.2 Å². The second kappa shape index (κ2) is 16.1. The van der Waals surface area contributed by atoms with Crippen LogP contribution in [0.25, 0.3) is 11.1 Å². The third-order valence-electron chi connectivity index (χ3n) is 6.59. The normalized spacial score (nSPS) is 12.7. The van der Waals surface area contributed by atoms with E-state index in [-0.39, 0.29) is 30.5 Å². The van der Waals surface area contributed by atoms with E-state index < -0.39 is 28.0 Å². The molecule has 224 valence electrons. The number of benzene rings is 3. The van der Waals surface area contributed by atoms with Crippen molar-refractivity contribution < 1.29 is 18.0 Å². The summed E-state index contributed by atoms with van der Waals surface area (Å²) in [5.41, 5.74) is 9.75. The molecule has 0 aliphatic heterocycles. The summed E-state index contributed by atoms with van der Waals surface area (Å²) in [7, 11) is -3.72. The number of amidine groups is 1. The van der Waals surface area contributed by atoms with Gasteiger partial charge in [0.1, 0.15) is 17.9 Å².